The van der Waals surface area contributed by atoms with Gasteiger partial charge in [0, 0.05) is 20.0 Å². The van der Waals surface area contributed by atoms with Gasteiger partial charge in [-0.2, -0.15) is 0 Å². The van der Waals surface area contributed by atoms with Crippen LogP contribution in [0.2, 0.25) is 0 Å². The van der Waals surface area contributed by atoms with Crippen molar-refractivity contribution < 1.29 is 22.7 Å². The summed E-state index contributed by atoms with van der Waals surface area (Å²) in [6.45, 7) is 4.33. The number of benzene rings is 2. The molecule has 1 aliphatic rings. The summed E-state index contributed by atoms with van der Waals surface area (Å²) in [5.74, 6) is 1.18. The van der Waals surface area contributed by atoms with E-state index in [1.807, 2.05) is 37.3 Å². The fourth-order valence-corrected chi connectivity index (χ4v) is 4.48. The van der Waals surface area contributed by atoms with Crippen LogP contribution in [0.25, 0.3) is 0 Å². The van der Waals surface area contributed by atoms with Gasteiger partial charge in [-0.05, 0) is 43.2 Å². The van der Waals surface area contributed by atoms with Gasteiger partial charge in [-0.1, -0.05) is 24.3 Å². The van der Waals surface area contributed by atoms with Gasteiger partial charge in [-0.25, -0.2) is 13.1 Å². The monoisotopic (exact) mass is 418 g/mol. The van der Waals surface area contributed by atoms with E-state index in [0.717, 1.165) is 5.56 Å². The molecule has 0 bridgehead atoms. The molecule has 0 radical (unpaired) electrons. The van der Waals surface area contributed by atoms with Gasteiger partial charge < -0.3 is 14.4 Å². The van der Waals surface area contributed by atoms with Crippen LogP contribution >= 0.6 is 0 Å². The Morgan fingerprint density at radius 3 is 2.66 bits per heavy atom. The molecule has 8 heteroatoms. The first-order valence-corrected chi connectivity index (χ1v) is 10.9. The second-order valence-electron chi connectivity index (χ2n) is 7.19. The lowest BCUT2D eigenvalue weighted by atomic mass is 10.2. The second kappa shape index (κ2) is 8.84. The lowest BCUT2D eigenvalue weighted by molar-refractivity contribution is -0.131. The maximum absolute atomic E-state index is 12.5. The Hall–Kier alpha value is -2.58. The van der Waals surface area contributed by atoms with Gasteiger partial charge in [0.15, 0.2) is 17.6 Å². The Balaban J connectivity index is 1.50. The highest BCUT2D eigenvalue weighted by atomic mass is 32.2. The van der Waals surface area contributed by atoms with Crippen LogP contribution < -0.4 is 14.2 Å². The van der Waals surface area contributed by atoms with Crippen molar-refractivity contribution in [3.8, 4) is 11.5 Å². The van der Waals surface area contributed by atoms with E-state index < -0.39 is 10.0 Å². The second-order valence-corrected chi connectivity index (χ2v) is 8.92. The van der Waals surface area contributed by atoms with Gasteiger partial charge >= 0.3 is 0 Å². The third-order valence-corrected chi connectivity index (χ3v) is 6.34. The van der Waals surface area contributed by atoms with Crippen LogP contribution in [-0.4, -0.2) is 52.1 Å². The lowest BCUT2D eigenvalue weighted by Crippen LogP contribution is -2.42. The Labute approximate surface area is 171 Å². The average molecular weight is 419 g/mol. The first-order valence-electron chi connectivity index (χ1n) is 9.45. The van der Waals surface area contributed by atoms with Gasteiger partial charge in [-0.3, -0.25) is 4.79 Å². The number of sulfonamides is 1. The number of rotatable bonds is 7. The van der Waals surface area contributed by atoms with E-state index >= 15 is 0 Å². The molecule has 2 aromatic rings. The summed E-state index contributed by atoms with van der Waals surface area (Å²) in [5.41, 5.74) is 1.53. The smallest absolute Gasteiger partial charge is 0.240 e. The predicted molar refractivity (Wildman–Crippen MR) is 110 cm³/mol. The molecule has 1 N–H and O–H groups in total. The quantitative estimate of drug-likeness (QED) is 0.746. The van der Waals surface area contributed by atoms with Crippen LogP contribution in [0, 0.1) is 13.8 Å². The maximum Gasteiger partial charge on any atom is 0.240 e. The van der Waals surface area contributed by atoms with Crippen molar-refractivity contribution in [2.45, 2.75) is 31.3 Å². The van der Waals surface area contributed by atoms with Gasteiger partial charge in [-0.15, -0.1) is 0 Å². The zero-order chi connectivity index (χ0) is 21.0. The molecule has 2 aromatic carbocycles. The largest absolute Gasteiger partial charge is 0.486 e. The van der Waals surface area contributed by atoms with E-state index in [1.165, 1.54) is 4.90 Å². The molecule has 0 aliphatic carbocycles. The van der Waals surface area contributed by atoms with Gasteiger partial charge in [0.05, 0.1) is 11.4 Å². The van der Waals surface area contributed by atoms with E-state index in [1.54, 1.807) is 26.1 Å². The molecule has 0 aromatic heterocycles. The molecule has 0 saturated heterocycles. The number of nitrogens with one attached hydrogen (secondary N) is 1. The van der Waals surface area contributed by atoms with Crippen LogP contribution in [-0.2, 0) is 14.8 Å². The predicted octanol–water partition coefficient (Wildman–Crippen LogP) is 2.27. The molecule has 0 unspecified atom stereocenters. The minimum Gasteiger partial charge on any atom is -0.486 e. The highest BCUT2D eigenvalue weighted by molar-refractivity contribution is 7.89. The highest BCUT2D eigenvalue weighted by Crippen LogP contribution is 2.30. The van der Waals surface area contributed by atoms with Crippen LogP contribution in [0.5, 0.6) is 11.5 Å². The number of nitrogens with zero attached hydrogens (tertiary/aromatic N) is 1. The number of fused-ring (bicyclic) bond motifs is 1. The van der Waals surface area contributed by atoms with Crippen molar-refractivity contribution in [3.05, 3.63) is 53.6 Å². The minimum atomic E-state index is -3.66. The zero-order valence-corrected chi connectivity index (χ0v) is 17.7. The van der Waals surface area contributed by atoms with Crippen LogP contribution in [0.1, 0.15) is 17.5 Å². The van der Waals surface area contributed by atoms with E-state index in [2.05, 4.69) is 4.72 Å². The molecule has 29 heavy (non-hydrogen) atoms. The van der Waals surface area contributed by atoms with Crippen molar-refractivity contribution >= 4 is 15.9 Å². The summed E-state index contributed by atoms with van der Waals surface area (Å²) in [6, 6.07) is 12.7. The number of para-hydroxylation sites is 2. The van der Waals surface area contributed by atoms with Gasteiger partial charge in [0.2, 0.25) is 15.9 Å². The number of carbonyl (C=O) groups excluding carboxylic acids is 1. The van der Waals surface area contributed by atoms with Crippen molar-refractivity contribution in [2.75, 3.05) is 26.7 Å². The molecule has 7 nitrogen and oxygen atoms in total. The molecule has 0 fully saturated rings. The number of ether oxygens (including phenoxy) is 2. The average Bonchev–Trinajstić information content (AvgIpc) is 2.69. The number of likely N-dealkylation sites (N-methyl/N-ethyl adjacent to an activating group) is 1. The van der Waals surface area contributed by atoms with E-state index in [4.69, 9.17) is 9.47 Å². The SMILES string of the molecule is Cc1ccc(C)c(S(=O)(=O)NCCC(=O)N(C)C[C@H]2COc3ccccc3O2)c1. The molecule has 0 spiro atoms. The van der Waals surface area contributed by atoms with Crippen molar-refractivity contribution in [1.82, 2.24) is 9.62 Å². The summed E-state index contributed by atoms with van der Waals surface area (Å²) < 4.78 is 39.1. The van der Waals surface area contributed by atoms with Gasteiger partial charge in [0.25, 0.3) is 0 Å². The molecule has 1 atom stereocenters. The van der Waals surface area contributed by atoms with E-state index in [0.29, 0.717) is 30.2 Å². The number of hydrogen-bond acceptors (Lipinski definition) is 5. The maximum atomic E-state index is 12.5. The molecule has 0 saturated carbocycles. The summed E-state index contributed by atoms with van der Waals surface area (Å²) in [6.07, 6.45) is -0.212. The first kappa shape index (κ1) is 21.1. The standard InChI is InChI=1S/C21H26N2O5S/c1-15-8-9-16(2)20(12-15)29(25,26)22-11-10-21(24)23(3)13-17-14-27-18-6-4-5-7-19(18)28-17/h4-9,12,17,22H,10-11,13-14H2,1-3H3/t17-/m0/s1. The van der Waals surface area contributed by atoms with Crippen LogP contribution in [0.3, 0.4) is 0 Å². The third kappa shape index (κ3) is 5.27. The molecule has 1 amide bonds. The number of aryl methyl sites for hydroxylation is 2. The Bertz CT molecular complexity index is 990. The Morgan fingerprint density at radius 2 is 1.90 bits per heavy atom. The minimum absolute atomic E-state index is 0.0315. The van der Waals surface area contributed by atoms with Gasteiger partial charge in [0.1, 0.15) is 6.61 Å². The Kier molecular flexibility index (Phi) is 6.44. The highest BCUT2D eigenvalue weighted by Gasteiger charge is 2.24. The lowest BCUT2D eigenvalue weighted by Gasteiger charge is -2.29. The first-order chi connectivity index (χ1) is 13.8. The molecule has 3 rings (SSSR count). The summed E-state index contributed by atoms with van der Waals surface area (Å²) in [7, 11) is -1.99. The zero-order valence-electron chi connectivity index (χ0n) is 16.8. The Morgan fingerprint density at radius 1 is 1.17 bits per heavy atom. The summed E-state index contributed by atoms with van der Waals surface area (Å²) >= 11 is 0. The fourth-order valence-electron chi connectivity index (χ4n) is 3.12. The van der Waals surface area contributed by atoms with Crippen molar-refractivity contribution in [3.63, 3.8) is 0 Å². The van der Waals surface area contributed by atoms with Crippen molar-refractivity contribution in [2.24, 2.45) is 0 Å². The number of carbonyl (C=O) groups is 1. The van der Waals surface area contributed by atoms with Crippen LogP contribution in [0.4, 0.5) is 0 Å². The third-order valence-electron chi connectivity index (χ3n) is 4.73. The topological polar surface area (TPSA) is 84.9 Å². The van der Waals surface area contributed by atoms with E-state index in [-0.39, 0.29) is 29.9 Å². The molecular formula is C21H26N2O5S. The number of amides is 1. The normalized spacial score (nSPS) is 15.8. The molecule has 156 valence electrons. The summed E-state index contributed by atoms with van der Waals surface area (Å²) in [4.78, 5) is 14.2. The van der Waals surface area contributed by atoms with Crippen molar-refractivity contribution in [1.29, 1.82) is 0 Å². The molecule has 1 aliphatic heterocycles. The molecule has 1 heterocycles. The fraction of sp³-hybridized carbons (Fsp3) is 0.381. The molecular weight excluding hydrogens is 392 g/mol. The number of hydrogen-bond donors (Lipinski definition) is 1. The van der Waals surface area contributed by atoms with E-state index in [9.17, 15) is 13.2 Å². The summed E-state index contributed by atoms with van der Waals surface area (Å²) in [5, 5.41) is 0. The van der Waals surface area contributed by atoms with Crippen LogP contribution in [0.15, 0.2) is 47.4 Å².